The molecule has 0 spiro atoms. The normalized spacial score (nSPS) is 16.2. The van der Waals surface area contributed by atoms with Crippen molar-refractivity contribution in [3.63, 3.8) is 0 Å². The molecule has 0 aromatic heterocycles. The zero-order chi connectivity index (χ0) is 51.0. The van der Waals surface area contributed by atoms with Gasteiger partial charge in [0.05, 0.1) is 13.7 Å². The van der Waals surface area contributed by atoms with E-state index < -0.39 is 95.8 Å². The summed E-state index contributed by atoms with van der Waals surface area (Å²) >= 11 is 0. The predicted octanol–water partition coefficient (Wildman–Crippen LogP) is 4.52. The van der Waals surface area contributed by atoms with E-state index in [9.17, 15) is 43.2 Å². The van der Waals surface area contributed by atoms with E-state index in [1.165, 1.54) is 30.2 Å². The average Bonchev–Trinajstić information content (AvgIpc) is 3.78. The number of carbonyl (C=O) groups is 9. The molecule has 3 rings (SSSR count). The number of carbonyl (C=O) groups excluding carboxylic acids is 9. The first kappa shape index (κ1) is 55.8. The van der Waals surface area contributed by atoms with Gasteiger partial charge in [-0.25, -0.2) is 9.59 Å². The lowest BCUT2D eigenvalue weighted by Gasteiger charge is -2.29. The van der Waals surface area contributed by atoms with E-state index in [-0.39, 0.29) is 52.7 Å². The fourth-order valence-corrected chi connectivity index (χ4v) is 7.34. The molecule has 0 unspecified atom stereocenters. The maximum Gasteiger partial charge on any atom is 0.408 e. The van der Waals surface area contributed by atoms with Crippen LogP contribution >= 0.6 is 0 Å². The van der Waals surface area contributed by atoms with Gasteiger partial charge in [-0.15, -0.1) is 0 Å². The van der Waals surface area contributed by atoms with Crippen LogP contribution in [0.25, 0.3) is 0 Å². The Bertz CT molecular complexity index is 2140. The number of amides is 8. The number of hydrogen-bond acceptors (Lipinski definition) is 11. The minimum atomic E-state index is -1.01. The first-order valence-corrected chi connectivity index (χ1v) is 23.3. The predicted molar refractivity (Wildman–Crippen MR) is 256 cm³/mol. The molecule has 0 bridgehead atoms. The summed E-state index contributed by atoms with van der Waals surface area (Å²) in [6, 6.07) is 7.51. The van der Waals surface area contributed by atoms with E-state index in [1.54, 1.807) is 85.7 Å². The van der Waals surface area contributed by atoms with E-state index in [0.29, 0.717) is 25.7 Å². The van der Waals surface area contributed by atoms with Crippen LogP contribution in [-0.4, -0.2) is 114 Å². The number of nitrogens with zero attached hydrogens (tertiary/aromatic N) is 1. The van der Waals surface area contributed by atoms with Gasteiger partial charge in [0, 0.05) is 29.0 Å². The first-order chi connectivity index (χ1) is 31.9. The molecule has 68 heavy (non-hydrogen) atoms. The van der Waals surface area contributed by atoms with Gasteiger partial charge in [0.15, 0.2) is 0 Å². The molecule has 374 valence electrons. The van der Waals surface area contributed by atoms with E-state index in [1.807, 2.05) is 20.8 Å². The Hall–Kier alpha value is -6.53. The number of hydrogen-bond donors (Lipinski definition) is 7. The number of anilines is 2. The fraction of sp³-hybridized carbons (Fsp3) is 0.571. The number of esters is 1. The molecule has 1 fully saturated rings. The van der Waals surface area contributed by atoms with Crippen LogP contribution in [0.5, 0.6) is 0 Å². The molecule has 19 nitrogen and oxygen atoms in total. The fourth-order valence-electron chi connectivity index (χ4n) is 7.34. The lowest BCUT2D eigenvalue weighted by atomic mass is 9.96. The van der Waals surface area contributed by atoms with Gasteiger partial charge in [-0.05, 0) is 93.7 Å². The number of nitrogens with one attached hydrogen (secondary N) is 7. The van der Waals surface area contributed by atoms with Gasteiger partial charge < -0.3 is 51.6 Å². The lowest BCUT2D eigenvalue weighted by molar-refractivity contribution is -0.146. The molecule has 0 saturated carbocycles. The molecule has 8 amide bonds. The number of rotatable bonds is 21. The van der Waals surface area contributed by atoms with Gasteiger partial charge in [-0.2, -0.15) is 0 Å². The molecule has 0 aliphatic carbocycles. The van der Waals surface area contributed by atoms with Crippen LogP contribution in [-0.2, 0) is 38.2 Å². The largest absolute Gasteiger partial charge is 0.467 e. The van der Waals surface area contributed by atoms with Gasteiger partial charge in [-0.1, -0.05) is 80.4 Å². The number of ether oxygens (including phenoxy) is 2. The topological polar surface area (TPSA) is 260 Å². The molecular formula is C49H72N8O11. The Morgan fingerprint density at radius 3 is 1.75 bits per heavy atom. The second kappa shape index (κ2) is 25.6. The number of likely N-dealkylation sites (tertiary alicyclic amines) is 1. The summed E-state index contributed by atoms with van der Waals surface area (Å²) in [6.07, 6.45) is 1.23. The van der Waals surface area contributed by atoms with Crippen LogP contribution in [0, 0.1) is 23.7 Å². The molecule has 2 aromatic carbocycles. The van der Waals surface area contributed by atoms with Crippen LogP contribution in [0.2, 0.25) is 0 Å². The SMILES string of the molecule is CC[C@H](C)[C@H](NC(=O)OC(C)(C)C)C(=O)N[C@H](C(=O)Nc1cccc(C(=O)N2CCC[C@@H]2C(=O)NCC(=O)Nc2cccc(C(=O)N[C@H](C(=O)N[C@H](C(=O)OC)C(C)C)[C@@H](C)CC)c2)c1)C(C)C. The zero-order valence-electron chi connectivity index (χ0n) is 41.5. The Kier molecular flexibility index (Phi) is 21.0. The Labute approximate surface area is 399 Å². The van der Waals surface area contributed by atoms with E-state index in [2.05, 4.69) is 37.2 Å². The second-order valence-electron chi connectivity index (χ2n) is 18.9. The third-order valence-electron chi connectivity index (χ3n) is 11.6. The minimum Gasteiger partial charge on any atom is -0.467 e. The maximum atomic E-state index is 13.8. The Morgan fingerprint density at radius 2 is 1.21 bits per heavy atom. The third-order valence-corrected chi connectivity index (χ3v) is 11.6. The summed E-state index contributed by atoms with van der Waals surface area (Å²) in [5.41, 5.74) is 0.0984. The van der Waals surface area contributed by atoms with E-state index >= 15 is 0 Å². The summed E-state index contributed by atoms with van der Waals surface area (Å²) < 4.78 is 10.2. The van der Waals surface area contributed by atoms with Gasteiger partial charge in [0.25, 0.3) is 11.8 Å². The highest BCUT2D eigenvalue weighted by Gasteiger charge is 2.36. The number of benzene rings is 2. The number of methoxy groups -OCH3 is 1. The van der Waals surface area contributed by atoms with Gasteiger partial charge in [0.1, 0.15) is 35.8 Å². The van der Waals surface area contributed by atoms with Gasteiger partial charge in [-0.3, -0.25) is 33.6 Å². The standard InChI is InChI=1S/C49H72N8O11/c1-13-29(7)39(44(62)54-38(28(5)6)47(65)67-12)55-41(59)31-18-15-20-33(24-31)51-36(58)26-50-42(60)35-22-17-23-57(35)46(64)32-19-16-21-34(25-32)52-43(61)37(27(3)4)53-45(63)40(30(8)14-2)56-48(66)68-49(9,10)11/h15-16,18-21,24-25,27-30,35,37-40H,13-14,17,22-23,26H2,1-12H3,(H,50,60)(H,51,58)(H,52,61)(H,53,63)(H,54,62)(H,55,59)(H,56,66)/t29-,30-,35+,37-,38-,39-,40-/m0/s1. The van der Waals surface area contributed by atoms with Crippen LogP contribution in [0.4, 0.5) is 16.2 Å². The third kappa shape index (κ3) is 16.4. The molecular weight excluding hydrogens is 877 g/mol. The summed E-state index contributed by atoms with van der Waals surface area (Å²) in [5.74, 6) is -5.64. The summed E-state index contributed by atoms with van der Waals surface area (Å²) in [7, 11) is 1.23. The van der Waals surface area contributed by atoms with Crippen molar-refractivity contribution in [1.82, 2.24) is 31.5 Å². The number of alkyl carbamates (subject to hydrolysis) is 1. The first-order valence-electron chi connectivity index (χ1n) is 23.3. The highest BCUT2D eigenvalue weighted by molar-refractivity contribution is 6.03. The Morgan fingerprint density at radius 1 is 0.676 bits per heavy atom. The van der Waals surface area contributed by atoms with Crippen molar-refractivity contribution >= 4 is 64.8 Å². The van der Waals surface area contributed by atoms with Crippen LogP contribution in [0.1, 0.15) is 123 Å². The van der Waals surface area contributed by atoms with Crippen molar-refractivity contribution in [3.8, 4) is 0 Å². The molecule has 7 N–H and O–H groups in total. The van der Waals surface area contributed by atoms with E-state index in [4.69, 9.17) is 9.47 Å². The highest BCUT2D eigenvalue weighted by Crippen LogP contribution is 2.23. The Balaban J connectivity index is 1.63. The van der Waals surface area contributed by atoms with Crippen LogP contribution in [0.3, 0.4) is 0 Å². The minimum absolute atomic E-state index is 0.150. The van der Waals surface area contributed by atoms with Crippen molar-refractivity contribution in [2.24, 2.45) is 23.7 Å². The van der Waals surface area contributed by atoms with Gasteiger partial charge >= 0.3 is 12.1 Å². The summed E-state index contributed by atoms with van der Waals surface area (Å²) in [5, 5.41) is 18.9. The summed E-state index contributed by atoms with van der Waals surface area (Å²) in [6.45, 7) is 19.4. The van der Waals surface area contributed by atoms with Crippen LogP contribution < -0.4 is 37.2 Å². The molecule has 19 heteroatoms. The molecule has 0 radical (unpaired) electrons. The van der Waals surface area contributed by atoms with Crippen LogP contribution in [0.15, 0.2) is 48.5 Å². The average molecular weight is 949 g/mol. The van der Waals surface area contributed by atoms with Crippen molar-refractivity contribution in [2.75, 3.05) is 30.8 Å². The quantitative estimate of drug-likeness (QED) is 0.0856. The van der Waals surface area contributed by atoms with Crippen molar-refractivity contribution in [2.45, 2.75) is 138 Å². The molecule has 1 aliphatic rings. The van der Waals surface area contributed by atoms with Crippen molar-refractivity contribution in [1.29, 1.82) is 0 Å². The molecule has 2 aromatic rings. The lowest BCUT2D eigenvalue weighted by Crippen LogP contribution is -2.56. The highest BCUT2D eigenvalue weighted by atomic mass is 16.6. The van der Waals surface area contributed by atoms with E-state index in [0.717, 1.165) is 0 Å². The van der Waals surface area contributed by atoms with Crippen molar-refractivity contribution < 1.29 is 52.6 Å². The van der Waals surface area contributed by atoms with Gasteiger partial charge in [0.2, 0.25) is 29.5 Å². The monoisotopic (exact) mass is 949 g/mol. The maximum absolute atomic E-state index is 13.8. The summed E-state index contributed by atoms with van der Waals surface area (Å²) in [4.78, 5) is 121. The zero-order valence-corrected chi connectivity index (χ0v) is 41.5. The molecule has 7 atom stereocenters. The van der Waals surface area contributed by atoms with Crippen molar-refractivity contribution in [3.05, 3.63) is 59.7 Å². The molecule has 1 heterocycles. The second-order valence-corrected chi connectivity index (χ2v) is 18.9. The molecule has 1 saturated heterocycles. The molecule has 1 aliphatic heterocycles. The smallest absolute Gasteiger partial charge is 0.408 e.